The first-order valence-corrected chi connectivity index (χ1v) is 8.95. The van der Waals surface area contributed by atoms with Crippen molar-refractivity contribution < 1.29 is 14.7 Å². The molecule has 3 aromatic rings. The number of carbonyl (C=O) groups is 2. The van der Waals surface area contributed by atoms with Crippen LogP contribution in [0, 0.1) is 0 Å². The minimum atomic E-state index is -1.04. The molecule has 5 heteroatoms. The lowest BCUT2D eigenvalue weighted by molar-refractivity contribution is -0.141. The minimum Gasteiger partial charge on any atom is -0.480 e. The van der Waals surface area contributed by atoms with E-state index in [-0.39, 0.29) is 17.7 Å². The van der Waals surface area contributed by atoms with Crippen LogP contribution in [-0.2, 0) is 21.4 Å². The van der Waals surface area contributed by atoms with Gasteiger partial charge in [-0.2, -0.15) is 0 Å². The van der Waals surface area contributed by atoms with E-state index in [1.165, 1.54) is 12.5 Å². The van der Waals surface area contributed by atoms with Crippen molar-refractivity contribution in [1.82, 2.24) is 10.3 Å². The number of aromatic amines is 1. The SMILES string of the molecule is CC(=O)NC(Cc1c[nH]c2ccc(C(C)(C)c3ccccc3)cc12)C(=O)O. The molecule has 3 rings (SSSR count). The van der Waals surface area contributed by atoms with Gasteiger partial charge in [-0.05, 0) is 28.8 Å². The molecular formula is C22H24N2O3. The quantitative estimate of drug-likeness (QED) is 0.625. The standard InChI is InChI=1S/C22H24N2O3/c1-14(25)24-20(21(26)27)11-15-13-23-19-10-9-17(12-18(15)19)22(2,3)16-7-5-4-6-8-16/h4-10,12-13,20,23H,11H2,1-3H3,(H,24,25)(H,26,27). The summed E-state index contributed by atoms with van der Waals surface area (Å²) >= 11 is 0. The Balaban J connectivity index is 1.99. The van der Waals surface area contributed by atoms with E-state index < -0.39 is 12.0 Å². The van der Waals surface area contributed by atoms with E-state index in [9.17, 15) is 14.7 Å². The zero-order valence-corrected chi connectivity index (χ0v) is 15.7. The number of rotatable bonds is 6. The van der Waals surface area contributed by atoms with Gasteiger partial charge in [0.15, 0.2) is 0 Å². The highest BCUT2D eigenvalue weighted by atomic mass is 16.4. The second-order valence-corrected chi connectivity index (χ2v) is 7.36. The van der Waals surface area contributed by atoms with Crippen molar-refractivity contribution in [3.63, 3.8) is 0 Å². The number of nitrogens with one attached hydrogen (secondary N) is 2. The van der Waals surface area contributed by atoms with Gasteiger partial charge in [-0.3, -0.25) is 4.79 Å². The zero-order valence-electron chi connectivity index (χ0n) is 15.7. The lowest BCUT2D eigenvalue weighted by Crippen LogP contribution is -2.41. The first kappa shape index (κ1) is 18.7. The number of H-pyrrole nitrogens is 1. The van der Waals surface area contributed by atoms with Crippen molar-refractivity contribution in [3.05, 3.63) is 71.4 Å². The molecule has 1 atom stereocenters. The van der Waals surface area contributed by atoms with Gasteiger partial charge in [-0.1, -0.05) is 50.2 Å². The van der Waals surface area contributed by atoms with Crippen LogP contribution in [0.25, 0.3) is 10.9 Å². The van der Waals surface area contributed by atoms with Crippen LogP contribution in [0.15, 0.2) is 54.7 Å². The largest absolute Gasteiger partial charge is 0.480 e. The molecule has 140 valence electrons. The third kappa shape index (κ3) is 3.87. The van der Waals surface area contributed by atoms with E-state index in [0.717, 1.165) is 22.0 Å². The van der Waals surface area contributed by atoms with Crippen molar-refractivity contribution >= 4 is 22.8 Å². The molecule has 0 radical (unpaired) electrons. The number of fused-ring (bicyclic) bond motifs is 1. The molecule has 1 unspecified atom stereocenters. The molecule has 0 fully saturated rings. The van der Waals surface area contributed by atoms with Gasteiger partial charge in [0.2, 0.25) is 5.91 Å². The Morgan fingerprint density at radius 2 is 1.81 bits per heavy atom. The van der Waals surface area contributed by atoms with Gasteiger partial charge in [0.1, 0.15) is 6.04 Å². The number of aliphatic carboxylic acids is 1. The Labute approximate surface area is 158 Å². The minimum absolute atomic E-state index is 0.187. The summed E-state index contributed by atoms with van der Waals surface area (Å²) in [5, 5.41) is 12.9. The predicted octanol–water partition coefficient (Wildman–Crippen LogP) is 3.63. The Kier molecular flexibility index (Phi) is 5.04. The van der Waals surface area contributed by atoms with Crippen LogP contribution in [0.2, 0.25) is 0 Å². The molecule has 0 bridgehead atoms. The van der Waals surface area contributed by atoms with Gasteiger partial charge in [-0.15, -0.1) is 0 Å². The van der Waals surface area contributed by atoms with Gasteiger partial charge in [-0.25, -0.2) is 4.79 Å². The fraction of sp³-hybridized carbons (Fsp3) is 0.273. The number of carboxylic acids is 1. The highest BCUT2D eigenvalue weighted by Crippen LogP contribution is 2.34. The smallest absolute Gasteiger partial charge is 0.326 e. The number of hydrogen-bond donors (Lipinski definition) is 3. The van der Waals surface area contributed by atoms with Crippen molar-refractivity contribution in [3.8, 4) is 0 Å². The van der Waals surface area contributed by atoms with Crippen molar-refractivity contribution in [2.24, 2.45) is 0 Å². The van der Waals surface area contributed by atoms with Crippen LogP contribution in [0.4, 0.5) is 0 Å². The predicted molar refractivity (Wildman–Crippen MR) is 106 cm³/mol. The number of hydrogen-bond acceptors (Lipinski definition) is 2. The molecular weight excluding hydrogens is 340 g/mol. The Hall–Kier alpha value is -3.08. The summed E-state index contributed by atoms with van der Waals surface area (Å²) in [5.74, 6) is -1.39. The lowest BCUT2D eigenvalue weighted by Gasteiger charge is -2.26. The van der Waals surface area contributed by atoms with Crippen LogP contribution in [0.5, 0.6) is 0 Å². The van der Waals surface area contributed by atoms with Crippen LogP contribution in [-0.4, -0.2) is 28.0 Å². The van der Waals surface area contributed by atoms with E-state index in [1.54, 1.807) is 0 Å². The summed E-state index contributed by atoms with van der Waals surface area (Å²) in [4.78, 5) is 26.0. The summed E-state index contributed by atoms with van der Waals surface area (Å²) in [6, 6.07) is 15.6. The highest BCUT2D eigenvalue weighted by Gasteiger charge is 2.25. The van der Waals surface area contributed by atoms with Crippen molar-refractivity contribution in [2.45, 2.75) is 38.6 Å². The molecule has 3 N–H and O–H groups in total. The number of carboxylic acid groups (broad SMARTS) is 1. The first-order chi connectivity index (χ1) is 12.8. The summed E-state index contributed by atoms with van der Waals surface area (Å²) in [6.07, 6.45) is 2.05. The number of benzene rings is 2. The van der Waals surface area contributed by atoms with Gasteiger partial charge in [0.25, 0.3) is 0 Å². The Morgan fingerprint density at radius 1 is 1.11 bits per heavy atom. The van der Waals surface area contributed by atoms with Crippen LogP contribution in [0.3, 0.4) is 0 Å². The van der Waals surface area contributed by atoms with E-state index in [4.69, 9.17) is 0 Å². The molecule has 0 saturated carbocycles. The Bertz CT molecular complexity index is 974. The zero-order chi connectivity index (χ0) is 19.6. The molecule has 5 nitrogen and oxygen atoms in total. The van der Waals surface area contributed by atoms with E-state index >= 15 is 0 Å². The molecule has 0 aliphatic heterocycles. The number of aromatic nitrogens is 1. The van der Waals surface area contributed by atoms with Crippen molar-refractivity contribution in [1.29, 1.82) is 0 Å². The first-order valence-electron chi connectivity index (χ1n) is 8.95. The topological polar surface area (TPSA) is 82.2 Å². The molecule has 27 heavy (non-hydrogen) atoms. The highest BCUT2D eigenvalue weighted by molar-refractivity contribution is 5.87. The molecule has 1 amide bonds. The molecule has 0 saturated heterocycles. The van der Waals surface area contributed by atoms with Gasteiger partial charge in [0, 0.05) is 35.9 Å². The van der Waals surface area contributed by atoms with Gasteiger partial charge >= 0.3 is 5.97 Å². The maximum atomic E-state index is 11.5. The third-order valence-electron chi connectivity index (χ3n) is 5.08. The lowest BCUT2D eigenvalue weighted by atomic mass is 9.78. The van der Waals surface area contributed by atoms with Gasteiger partial charge in [0.05, 0.1) is 0 Å². The van der Waals surface area contributed by atoms with Crippen LogP contribution in [0.1, 0.15) is 37.5 Å². The summed E-state index contributed by atoms with van der Waals surface area (Å²) in [5.41, 5.74) is 3.99. The van der Waals surface area contributed by atoms with Gasteiger partial charge < -0.3 is 15.4 Å². The van der Waals surface area contributed by atoms with E-state index in [2.05, 4.69) is 48.4 Å². The molecule has 0 aliphatic rings. The third-order valence-corrected chi connectivity index (χ3v) is 5.08. The molecule has 0 spiro atoms. The molecule has 1 aromatic heterocycles. The maximum absolute atomic E-state index is 11.5. The maximum Gasteiger partial charge on any atom is 0.326 e. The fourth-order valence-electron chi connectivity index (χ4n) is 3.42. The number of amides is 1. The summed E-state index contributed by atoms with van der Waals surface area (Å²) in [6.45, 7) is 5.67. The van der Waals surface area contributed by atoms with E-state index in [0.29, 0.717) is 0 Å². The van der Waals surface area contributed by atoms with E-state index in [1.807, 2.05) is 30.5 Å². The molecule has 0 aliphatic carbocycles. The second kappa shape index (κ2) is 7.27. The van der Waals surface area contributed by atoms with Crippen LogP contribution < -0.4 is 5.32 Å². The number of carbonyl (C=O) groups excluding carboxylic acids is 1. The normalized spacial score (nSPS) is 12.7. The molecule has 2 aromatic carbocycles. The average Bonchev–Trinajstić information content (AvgIpc) is 3.03. The second-order valence-electron chi connectivity index (χ2n) is 7.36. The summed E-state index contributed by atoms with van der Waals surface area (Å²) in [7, 11) is 0. The molecule has 1 heterocycles. The monoisotopic (exact) mass is 364 g/mol. The average molecular weight is 364 g/mol. The van der Waals surface area contributed by atoms with Crippen LogP contribution >= 0.6 is 0 Å². The summed E-state index contributed by atoms with van der Waals surface area (Å²) < 4.78 is 0. The van der Waals surface area contributed by atoms with Crippen molar-refractivity contribution in [2.75, 3.05) is 0 Å². The fourth-order valence-corrected chi connectivity index (χ4v) is 3.42. The Morgan fingerprint density at radius 3 is 2.44 bits per heavy atom.